The van der Waals surface area contributed by atoms with E-state index in [1.807, 2.05) is 15.9 Å². The van der Waals surface area contributed by atoms with Gasteiger partial charge >= 0.3 is 0 Å². The zero-order valence-electron chi connectivity index (χ0n) is 15.7. The summed E-state index contributed by atoms with van der Waals surface area (Å²) in [6.45, 7) is 6.68. The van der Waals surface area contributed by atoms with Gasteiger partial charge in [-0.1, -0.05) is 18.9 Å². The molecule has 138 valence electrons. The molecular weight excluding hydrogens is 326 g/mol. The van der Waals surface area contributed by atoms with Crippen LogP contribution in [0.1, 0.15) is 47.3 Å². The summed E-state index contributed by atoms with van der Waals surface area (Å²) >= 11 is 0. The Kier molecular flexibility index (Phi) is 4.47. The van der Waals surface area contributed by atoms with Gasteiger partial charge in [-0.05, 0) is 49.9 Å². The Bertz CT molecular complexity index is 840. The summed E-state index contributed by atoms with van der Waals surface area (Å²) in [6.07, 6.45) is 4.42. The molecule has 0 bridgehead atoms. The first-order valence-corrected chi connectivity index (χ1v) is 9.71. The summed E-state index contributed by atoms with van der Waals surface area (Å²) in [4.78, 5) is 32.5. The summed E-state index contributed by atoms with van der Waals surface area (Å²) in [7, 11) is 0. The molecule has 5 nitrogen and oxygen atoms in total. The van der Waals surface area contributed by atoms with Crippen molar-refractivity contribution in [2.45, 2.75) is 39.5 Å². The molecule has 26 heavy (non-hydrogen) atoms. The van der Waals surface area contributed by atoms with Gasteiger partial charge in [-0.2, -0.15) is 0 Å². The number of H-pyrrole nitrogens is 1. The van der Waals surface area contributed by atoms with Crippen LogP contribution in [-0.4, -0.2) is 52.8 Å². The number of carbonyl (C=O) groups excluding carboxylic acids is 2. The summed E-state index contributed by atoms with van der Waals surface area (Å²) in [5.41, 5.74) is 4.03. The van der Waals surface area contributed by atoms with E-state index in [0.29, 0.717) is 37.8 Å². The third-order valence-corrected chi connectivity index (χ3v) is 5.90. The van der Waals surface area contributed by atoms with Crippen molar-refractivity contribution in [3.8, 4) is 0 Å². The van der Waals surface area contributed by atoms with Crippen molar-refractivity contribution >= 4 is 22.7 Å². The van der Waals surface area contributed by atoms with Crippen molar-refractivity contribution in [1.82, 2.24) is 14.8 Å². The Morgan fingerprint density at radius 2 is 1.62 bits per heavy atom. The quantitative estimate of drug-likeness (QED) is 0.901. The van der Waals surface area contributed by atoms with Crippen LogP contribution >= 0.6 is 0 Å². The number of aromatic amines is 1. The molecule has 0 atom stereocenters. The van der Waals surface area contributed by atoms with Gasteiger partial charge in [0.25, 0.3) is 5.91 Å². The number of aryl methyl sites for hydroxylation is 2. The second-order valence-electron chi connectivity index (χ2n) is 7.82. The van der Waals surface area contributed by atoms with Gasteiger partial charge in [-0.25, -0.2) is 0 Å². The number of carbonyl (C=O) groups is 2. The van der Waals surface area contributed by atoms with Gasteiger partial charge in [0.2, 0.25) is 5.91 Å². The van der Waals surface area contributed by atoms with Gasteiger partial charge in [0.15, 0.2) is 0 Å². The van der Waals surface area contributed by atoms with Crippen molar-refractivity contribution in [3.05, 3.63) is 35.0 Å². The second-order valence-corrected chi connectivity index (χ2v) is 7.82. The van der Waals surface area contributed by atoms with Gasteiger partial charge < -0.3 is 14.8 Å². The average Bonchev–Trinajstić information content (AvgIpc) is 3.30. The van der Waals surface area contributed by atoms with Gasteiger partial charge in [0, 0.05) is 43.0 Å². The number of aromatic nitrogens is 1. The van der Waals surface area contributed by atoms with Gasteiger partial charge in [0.05, 0.1) is 0 Å². The fourth-order valence-corrected chi connectivity index (χ4v) is 4.45. The fourth-order valence-electron chi connectivity index (χ4n) is 4.45. The normalized spacial score (nSPS) is 18.7. The molecule has 2 amide bonds. The number of amides is 2. The number of hydrogen-bond donors (Lipinski definition) is 1. The highest BCUT2D eigenvalue weighted by Gasteiger charge is 2.31. The molecule has 1 aliphatic carbocycles. The number of fused-ring (bicyclic) bond motifs is 1. The fraction of sp³-hybridized carbons (Fsp3) is 0.524. The van der Waals surface area contributed by atoms with Crippen molar-refractivity contribution in [3.63, 3.8) is 0 Å². The standard InChI is InChI=1S/C21H27N3O2/c1-14-11-15(2)17-13-19(22-18(17)12-14)21(26)24-9-7-23(8-10-24)20(25)16-5-3-4-6-16/h11-13,16,22H,3-10H2,1-2H3. The largest absolute Gasteiger partial charge is 0.351 e. The molecule has 2 aromatic rings. The zero-order valence-corrected chi connectivity index (χ0v) is 15.7. The van der Waals surface area contributed by atoms with Crippen LogP contribution in [0, 0.1) is 19.8 Å². The molecule has 2 aliphatic rings. The van der Waals surface area contributed by atoms with E-state index in [1.54, 1.807) is 0 Å². The Labute approximate surface area is 154 Å². The highest BCUT2D eigenvalue weighted by molar-refractivity contribution is 5.99. The monoisotopic (exact) mass is 353 g/mol. The Balaban J connectivity index is 1.43. The third-order valence-electron chi connectivity index (χ3n) is 5.90. The first-order chi connectivity index (χ1) is 12.5. The van der Waals surface area contributed by atoms with Gasteiger partial charge in [-0.15, -0.1) is 0 Å². The number of rotatable bonds is 2. The average molecular weight is 353 g/mol. The minimum absolute atomic E-state index is 0.0335. The molecule has 1 saturated heterocycles. The lowest BCUT2D eigenvalue weighted by Crippen LogP contribution is -2.51. The molecule has 1 N–H and O–H groups in total. The highest BCUT2D eigenvalue weighted by atomic mass is 16.2. The van der Waals surface area contributed by atoms with Crippen LogP contribution in [-0.2, 0) is 4.79 Å². The molecule has 1 saturated carbocycles. The number of benzene rings is 1. The van der Waals surface area contributed by atoms with Crippen LogP contribution in [0.4, 0.5) is 0 Å². The summed E-state index contributed by atoms with van der Waals surface area (Å²) < 4.78 is 0. The van der Waals surface area contributed by atoms with E-state index in [1.165, 1.54) is 24.0 Å². The first-order valence-electron chi connectivity index (χ1n) is 9.71. The van der Waals surface area contributed by atoms with E-state index in [-0.39, 0.29) is 11.8 Å². The van der Waals surface area contributed by atoms with Crippen LogP contribution in [0.25, 0.3) is 10.9 Å². The lowest BCUT2D eigenvalue weighted by Gasteiger charge is -2.35. The zero-order chi connectivity index (χ0) is 18.3. The van der Waals surface area contributed by atoms with Crippen molar-refractivity contribution in [2.75, 3.05) is 26.2 Å². The molecular formula is C21H27N3O2. The van der Waals surface area contributed by atoms with E-state index >= 15 is 0 Å². The van der Waals surface area contributed by atoms with E-state index < -0.39 is 0 Å². The topological polar surface area (TPSA) is 56.4 Å². The Morgan fingerprint density at radius 1 is 0.962 bits per heavy atom. The number of hydrogen-bond acceptors (Lipinski definition) is 2. The molecule has 1 aliphatic heterocycles. The molecule has 0 unspecified atom stereocenters. The predicted molar refractivity (Wildman–Crippen MR) is 102 cm³/mol. The maximum Gasteiger partial charge on any atom is 0.270 e. The molecule has 2 heterocycles. The summed E-state index contributed by atoms with van der Waals surface area (Å²) in [5.74, 6) is 0.551. The highest BCUT2D eigenvalue weighted by Crippen LogP contribution is 2.27. The molecule has 0 spiro atoms. The number of nitrogens with zero attached hydrogens (tertiary/aromatic N) is 2. The molecule has 1 aromatic heterocycles. The Morgan fingerprint density at radius 3 is 2.31 bits per heavy atom. The van der Waals surface area contributed by atoms with Crippen LogP contribution in [0.2, 0.25) is 0 Å². The molecule has 1 aromatic carbocycles. The maximum atomic E-state index is 12.9. The van der Waals surface area contributed by atoms with E-state index in [0.717, 1.165) is 23.7 Å². The molecule has 5 heteroatoms. The van der Waals surface area contributed by atoms with Crippen LogP contribution in [0.15, 0.2) is 18.2 Å². The maximum absolute atomic E-state index is 12.9. The van der Waals surface area contributed by atoms with Crippen LogP contribution < -0.4 is 0 Å². The first kappa shape index (κ1) is 17.1. The molecule has 0 radical (unpaired) electrons. The second kappa shape index (κ2) is 6.78. The summed E-state index contributed by atoms with van der Waals surface area (Å²) in [5, 5.41) is 1.11. The number of nitrogens with one attached hydrogen (secondary N) is 1. The number of piperazine rings is 1. The van der Waals surface area contributed by atoms with Crippen LogP contribution in [0.5, 0.6) is 0 Å². The summed E-state index contributed by atoms with van der Waals surface area (Å²) in [6, 6.07) is 6.18. The SMILES string of the molecule is Cc1cc(C)c2cc(C(=O)N3CCN(C(=O)C4CCCC4)CC3)[nH]c2c1. The van der Waals surface area contributed by atoms with E-state index in [2.05, 4.69) is 31.0 Å². The molecule has 4 rings (SSSR count). The minimum atomic E-state index is 0.0335. The van der Waals surface area contributed by atoms with Gasteiger partial charge in [0.1, 0.15) is 5.69 Å². The van der Waals surface area contributed by atoms with E-state index in [9.17, 15) is 9.59 Å². The van der Waals surface area contributed by atoms with E-state index in [4.69, 9.17) is 0 Å². The minimum Gasteiger partial charge on any atom is -0.351 e. The van der Waals surface area contributed by atoms with Crippen molar-refractivity contribution in [2.24, 2.45) is 5.92 Å². The van der Waals surface area contributed by atoms with Crippen molar-refractivity contribution < 1.29 is 9.59 Å². The van der Waals surface area contributed by atoms with Crippen LogP contribution in [0.3, 0.4) is 0 Å². The van der Waals surface area contributed by atoms with Gasteiger partial charge in [-0.3, -0.25) is 9.59 Å². The molecule has 2 fully saturated rings. The lowest BCUT2D eigenvalue weighted by atomic mass is 10.1. The Hall–Kier alpha value is -2.30. The smallest absolute Gasteiger partial charge is 0.270 e. The van der Waals surface area contributed by atoms with Crippen molar-refractivity contribution in [1.29, 1.82) is 0 Å². The predicted octanol–water partition coefficient (Wildman–Crippen LogP) is 3.26. The third kappa shape index (κ3) is 3.11. The lowest BCUT2D eigenvalue weighted by molar-refractivity contribution is -0.136.